The Bertz CT molecular complexity index is 730. The lowest BCUT2D eigenvalue weighted by Gasteiger charge is -2.38. The molecule has 4 fully saturated rings. The van der Waals surface area contributed by atoms with Crippen LogP contribution in [0.25, 0.3) is 0 Å². The number of nitrogens with zero attached hydrogens (tertiary/aromatic N) is 4. The number of ether oxygens (including phenoxy) is 1. The van der Waals surface area contributed by atoms with Crippen LogP contribution in [0.1, 0.15) is 19.3 Å². The molecule has 0 aromatic carbocycles. The third-order valence-electron chi connectivity index (χ3n) is 6.10. The first-order chi connectivity index (χ1) is 11.1. The summed E-state index contributed by atoms with van der Waals surface area (Å²) >= 11 is 9.21. The molecule has 1 N–H and O–H groups in total. The topological polar surface area (TPSA) is 62.6 Å². The van der Waals surface area contributed by atoms with Gasteiger partial charge in [-0.25, -0.2) is 15.0 Å². The van der Waals surface area contributed by atoms with Gasteiger partial charge in [0.25, 0.3) is 6.02 Å². The van der Waals surface area contributed by atoms with Gasteiger partial charge < -0.3 is 4.74 Å². The fraction of sp³-hybridized carbons (Fsp3) is 0.667. The fourth-order valence-corrected chi connectivity index (χ4v) is 5.02. The van der Waals surface area contributed by atoms with E-state index in [1.165, 1.54) is 25.9 Å². The Morgan fingerprint density at radius 1 is 1.57 bits per heavy atom. The first-order valence-corrected chi connectivity index (χ1v) is 9.08. The first kappa shape index (κ1) is 14.4. The summed E-state index contributed by atoms with van der Waals surface area (Å²) in [6, 6.07) is 0.489. The van der Waals surface area contributed by atoms with Crippen molar-refractivity contribution in [3.8, 4) is 0 Å². The van der Waals surface area contributed by atoms with Crippen LogP contribution in [0.2, 0.25) is 5.15 Å². The maximum Gasteiger partial charge on any atom is 0.290 e. The van der Waals surface area contributed by atoms with Gasteiger partial charge in [-0.3, -0.25) is 10.2 Å². The minimum absolute atomic E-state index is 0.266. The summed E-state index contributed by atoms with van der Waals surface area (Å²) in [6.45, 7) is 2.47. The molecule has 8 heteroatoms. The SMILES string of the molecule is CN=C(Nc1cnc(Br)c(Cl)n1)OC1CC12CN1CCC13CC23. The lowest BCUT2D eigenvalue weighted by atomic mass is 9.99. The molecule has 6 nitrogen and oxygen atoms in total. The van der Waals surface area contributed by atoms with E-state index in [4.69, 9.17) is 16.3 Å². The van der Waals surface area contributed by atoms with E-state index in [1.807, 2.05) is 0 Å². The number of fused-ring (bicyclic) bond motifs is 1. The average molecular weight is 399 g/mol. The van der Waals surface area contributed by atoms with Crippen LogP contribution < -0.4 is 5.32 Å². The zero-order valence-corrected chi connectivity index (χ0v) is 15.1. The molecule has 2 spiro atoms. The van der Waals surface area contributed by atoms with Crippen LogP contribution in [0.3, 0.4) is 0 Å². The molecule has 0 amide bonds. The van der Waals surface area contributed by atoms with Gasteiger partial charge in [0, 0.05) is 31.1 Å². The van der Waals surface area contributed by atoms with Gasteiger partial charge in [-0.05, 0) is 41.1 Å². The summed E-state index contributed by atoms with van der Waals surface area (Å²) < 4.78 is 6.65. The summed E-state index contributed by atoms with van der Waals surface area (Å²) in [7, 11) is 1.71. The molecule has 3 heterocycles. The highest BCUT2D eigenvalue weighted by atomic mass is 79.9. The molecule has 4 aliphatic rings. The highest BCUT2D eigenvalue weighted by Crippen LogP contribution is 2.77. The highest BCUT2D eigenvalue weighted by Gasteiger charge is 2.82. The van der Waals surface area contributed by atoms with E-state index < -0.39 is 0 Å². The average Bonchev–Trinajstić information content (AvgIpc) is 3.39. The van der Waals surface area contributed by atoms with Crippen molar-refractivity contribution < 1.29 is 4.74 Å². The van der Waals surface area contributed by atoms with Gasteiger partial charge in [-0.15, -0.1) is 0 Å². The number of aromatic nitrogens is 2. The summed E-state index contributed by atoms with van der Waals surface area (Å²) in [5.74, 6) is 1.38. The lowest BCUT2D eigenvalue weighted by molar-refractivity contribution is 0.0888. The van der Waals surface area contributed by atoms with E-state index in [1.54, 1.807) is 13.2 Å². The molecule has 2 aliphatic heterocycles. The molecule has 4 atom stereocenters. The van der Waals surface area contributed by atoms with Crippen molar-refractivity contribution in [2.24, 2.45) is 16.3 Å². The van der Waals surface area contributed by atoms with Crippen LogP contribution >= 0.6 is 27.5 Å². The summed E-state index contributed by atoms with van der Waals surface area (Å²) in [6.07, 6.45) is 5.76. The largest absolute Gasteiger partial charge is 0.461 e. The van der Waals surface area contributed by atoms with Crippen molar-refractivity contribution >= 4 is 39.4 Å². The van der Waals surface area contributed by atoms with E-state index in [0.29, 0.717) is 32.5 Å². The van der Waals surface area contributed by atoms with Gasteiger partial charge in [0.1, 0.15) is 10.7 Å². The fourth-order valence-electron chi connectivity index (χ4n) is 4.69. The predicted octanol–water partition coefficient (Wildman–Crippen LogP) is 2.54. The molecule has 2 saturated heterocycles. The number of hydrogen-bond acceptors (Lipinski definition) is 5. The Labute approximate surface area is 147 Å². The molecule has 1 aromatic rings. The van der Waals surface area contributed by atoms with Gasteiger partial charge in [-0.1, -0.05) is 11.6 Å². The Morgan fingerprint density at radius 3 is 3.00 bits per heavy atom. The Kier molecular flexibility index (Phi) is 2.87. The molecule has 2 saturated carbocycles. The van der Waals surface area contributed by atoms with Crippen LogP contribution in [-0.4, -0.2) is 52.7 Å². The first-order valence-electron chi connectivity index (χ1n) is 7.91. The van der Waals surface area contributed by atoms with Crippen LogP contribution in [-0.2, 0) is 4.74 Å². The van der Waals surface area contributed by atoms with E-state index in [-0.39, 0.29) is 6.10 Å². The minimum Gasteiger partial charge on any atom is -0.461 e. The predicted molar refractivity (Wildman–Crippen MR) is 90.7 cm³/mol. The second-order valence-electron chi connectivity index (χ2n) is 7.07. The van der Waals surface area contributed by atoms with Crippen LogP contribution in [0, 0.1) is 11.3 Å². The number of rotatable bonds is 2. The molecule has 1 aromatic heterocycles. The highest BCUT2D eigenvalue weighted by molar-refractivity contribution is 9.10. The lowest BCUT2D eigenvalue weighted by Crippen LogP contribution is -2.47. The van der Waals surface area contributed by atoms with Gasteiger partial charge in [0.05, 0.1) is 6.20 Å². The number of amidine groups is 1. The standard InChI is InChI=1S/C15H17BrClN5O/c1-18-13(21-10-6-19-11(16)12(17)20-10)23-9-5-14(9)7-22-3-2-15(22)4-8(14)15/h6,8-9H,2-5,7H2,1H3,(H,18,20,21). The molecule has 0 radical (unpaired) electrons. The Hall–Kier alpha value is -0.920. The van der Waals surface area contributed by atoms with Crippen molar-refractivity contribution in [2.45, 2.75) is 30.9 Å². The van der Waals surface area contributed by atoms with Crippen molar-refractivity contribution in [3.63, 3.8) is 0 Å². The van der Waals surface area contributed by atoms with Gasteiger partial charge in [0.15, 0.2) is 11.0 Å². The Balaban J connectivity index is 1.26. The maximum atomic E-state index is 6.13. The molecular weight excluding hydrogens is 382 g/mol. The van der Waals surface area contributed by atoms with Crippen LogP contribution in [0.15, 0.2) is 15.8 Å². The number of nitrogens with one attached hydrogen (secondary N) is 1. The van der Waals surface area contributed by atoms with E-state index in [2.05, 4.69) is 41.1 Å². The van der Waals surface area contributed by atoms with E-state index >= 15 is 0 Å². The van der Waals surface area contributed by atoms with Gasteiger partial charge in [0.2, 0.25) is 0 Å². The minimum atomic E-state index is 0.266. The van der Waals surface area contributed by atoms with Crippen LogP contribution in [0.5, 0.6) is 0 Å². The number of hydrogen-bond donors (Lipinski definition) is 1. The summed E-state index contributed by atoms with van der Waals surface area (Å²) in [4.78, 5) is 15.2. The zero-order chi connectivity index (χ0) is 15.8. The van der Waals surface area contributed by atoms with E-state index in [9.17, 15) is 0 Å². The quantitative estimate of drug-likeness (QED) is 0.613. The van der Waals surface area contributed by atoms with Crippen molar-refractivity contribution in [1.29, 1.82) is 0 Å². The monoisotopic (exact) mass is 397 g/mol. The smallest absolute Gasteiger partial charge is 0.290 e. The number of halogens is 2. The molecular formula is C15H17BrClN5O. The third kappa shape index (κ3) is 1.93. The van der Waals surface area contributed by atoms with E-state index in [0.717, 1.165) is 12.3 Å². The Morgan fingerprint density at radius 2 is 2.43 bits per heavy atom. The second-order valence-corrected chi connectivity index (χ2v) is 8.18. The van der Waals surface area contributed by atoms with Crippen LogP contribution in [0.4, 0.5) is 5.82 Å². The van der Waals surface area contributed by atoms with Crippen molar-refractivity contribution in [1.82, 2.24) is 14.9 Å². The zero-order valence-electron chi connectivity index (χ0n) is 12.7. The molecule has 2 aliphatic carbocycles. The number of anilines is 1. The molecule has 0 bridgehead atoms. The second kappa shape index (κ2) is 4.58. The van der Waals surface area contributed by atoms with Crippen molar-refractivity contribution in [3.05, 3.63) is 16.0 Å². The summed E-state index contributed by atoms with van der Waals surface area (Å²) in [5.41, 5.74) is 0.941. The molecule has 23 heavy (non-hydrogen) atoms. The molecule has 5 rings (SSSR count). The normalized spacial score (nSPS) is 40.4. The number of aliphatic imine (C=N–C) groups is 1. The summed E-state index contributed by atoms with van der Waals surface area (Å²) in [5, 5.41) is 3.39. The molecule has 122 valence electrons. The molecule has 4 unspecified atom stereocenters. The van der Waals surface area contributed by atoms with Gasteiger partial charge in [-0.2, -0.15) is 0 Å². The van der Waals surface area contributed by atoms with Gasteiger partial charge >= 0.3 is 0 Å². The number of piperidine rings is 1. The van der Waals surface area contributed by atoms with Crippen molar-refractivity contribution in [2.75, 3.05) is 25.5 Å². The third-order valence-corrected chi connectivity index (χ3v) is 7.17. The maximum absolute atomic E-state index is 6.13.